The van der Waals surface area contributed by atoms with Gasteiger partial charge in [-0.05, 0) is 36.4 Å². The van der Waals surface area contributed by atoms with Gasteiger partial charge < -0.3 is 9.15 Å². The maximum atomic E-state index is 13.2. The van der Waals surface area contributed by atoms with Crippen LogP contribution in [0.15, 0.2) is 64.1 Å². The fourth-order valence-corrected chi connectivity index (χ4v) is 2.48. The first-order chi connectivity index (χ1) is 13.9. The summed E-state index contributed by atoms with van der Waals surface area (Å²) in [4.78, 5) is 22.1. The second-order valence-electron chi connectivity index (χ2n) is 5.64. The maximum absolute atomic E-state index is 13.2. The number of benzene rings is 2. The van der Waals surface area contributed by atoms with Gasteiger partial charge in [-0.1, -0.05) is 23.7 Å². The third kappa shape index (κ3) is 5.17. The van der Waals surface area contributed by atoms with Crippen molar-refractivity contribution >= 4 is 29.4 Å². The molecule has 0 spiro atoms. The van der Waals surface area contributed by atoms with Gasteiger partial charge in [0.25, 0.3) is 5.91 Å². The summed E-state index contributed by atoms with van der Waals surface area (Å²) in [6.07, 6.45) is 1.26. The van der Waals surface area contributed by atoms with Gasteiger partial charge in [-0.2, -0.15) is 5.10 Å². The number of hydrogen-bond acceptors (Lipinski definition) is 6. The number of nitro groups is 1. The number of ether oxygens (including phenoxy) is 1. The smallest absolute Gasteiger partial charge is 0.310 e. The summed E-state index contributed by atoms with van der Waals surface area (Å²) in [5, 5.41) is 14.6. The Hall–Kier alpha value is -3.72. The van der Waals surface area contributed by atoms with Crippen LogP contribution in [-0.4, -0.2) is 23.7 Å². The van der Waals surface area contributed by atoms with E-state index in [-0.39, 0.29) is 16.5 Å². The Labute approximate surface area is 168 Å². The monoisotopic (exact) mass is 417 g/mol. The van der Waals surface area contributed by atoms with E-state index in [1.54, 1.807) is 18.2 Å². The molecule has 10 heteroatoms. The molecule has 8 nitrogen and oxygen atoms in total. The first kappa shape index (κ1) is 20.0. The van der Waals surface area contributed by atoms with Gasteiger partial charge in [0.15, 0.2) is 12.4 Å². The van der Waals surface area contributed by atoms with Gasteiger partial charge in [0.2, 0.25) is 0 Å². The number of halogens is 2. The van der Waals surface area contributed by atoms with Crippen molar-refractivity contribution in [2.24, 2.45) is 5.10 Å². The van der Waals surface area contributed by atoms with Crippen molar-refractivity contribution in [1.29, 1.82) is 0 Å². The van der Waals surface area contributed by atoms with Gasteiger partial charge >= 0.3 is 5.69 Å². The molecule has 0 radical (unpaired) electrons. The second kappa shape index (κ2) is 8.98. The van der Waals surface area contributed by atoms with E-state index in [1.807, 2.05) is 0 Å². The molecule has 0 aliphatic rings. The molecule has 1 heterocycles. The largest absolute Gasteiger partial charge is 0.477 e. The number of carbonyl (C=O) groups excluding carboxylic acids is 1. The Balaban J connectivity index is 1.55. The number of furan rings is 1. The topological polar surface area (TPSA) is 107 Å². The maximum Gasteiger partial charge on any atom is 0.310 e. The van der Waals surface area contributed by atoms with Gasteiger partial charge in [0.05, 0.1) is 16.2 Å². The summed E-state index contributed by atoms with van der Waals surface area (Å²) in [6, 6.07) is 13.1. The summed E-state index contributed by atoms with van der Waals surface area (Å²) < 4.78 is 23.9. The van der Waals surface area contributed by atoms with Crippen molar-refractivity contribution < 1.29 is 23.3 Å². The van der Waals surface area contributed by atoms with Crippen molar-refractivity contribution in [2.75, 3.05) is 6.61 Å². The molecule has 29 heavy (non-hydrogen) atoms. The molecule has 1 amide bonds. The van der Waals surface area contributed by atoms with Crippen molar-refractivity contribution in [2.45, 2.75) is 0 Å². The molecule has 0 unspecified atom stereocenters. The van der Waals surface area contributed by atoms with E-state index in [1.165, 1.54) is 42.6 Å². The minimum absolute atomic E-state index is 0.0229. The zero-order chi connectivity index (χ0) is 20.8. The van der Waals surface area contributed by atoms with Gasteiger partial charge in [-0.25, -0.2) is 9.82 Å². The number of hydrazone groups is 1. The van der Waals surface area contributed by atoms with Crippen LogP contribution in [0.1, 0.15) is 5.76 Å². The highest BCUT2D eigenvalue weighted by atomic mass is 35.5. The molecule has 0 fully saturated rings. The van der Waals surface area contributed by atoms with Gasteiger partial charge in [-0.15, -0.1) is 0 Å². The highest BCUT2D eigenvalue weighted by molar-refractivity contribution is 6.31. The quantitative estimate of drug-likeness (QED) is 0.352. The Kier molecular flexibility index (Phi) is 6.20. The van der Waals surface area contributed by atoms with Crippen LogP contribution in [0.5, 0.6) is 5.75 Å². The molecule has 1 aromatic heterocycles. The van der Waals surface area contributed by atoms with E-state index in [9.17, 15) is 19.3 Å². The number of para-hydroxylation sites is 2. The van der Waals surface area contributed by atoms with E-state index in [0.29, 0.717) is 17.1 Å². The van der Waals surface area contributed by atoms with Crippen LogP contribution < -0.4 is 10.2 Å². The van der Waals surface area contributed by atoms with Crippen LogP contribution in [-0.2, 0) is 4.79 Å². The number of nitro benzene ring substituents is 1. The molecule has 3 aromatic rings. The molecule has 3 rings (SSSR count). The number of hydrogen-bond donors (Lipinski definition) is 1. The molecule has 0 saturated heterocycles. The van der Waals surface area contributed by atoms with Crippen molar-refractivity contribution in [3.05, 3.63) is 81.3 Å². The molecular weight excluding hydrogens is 405 g/mol. The Morgan fingerprint density at radius 1 is 1.28 bits per heavy atom. The number of nitrogens with one attached hydrogen (secondary N) is 1. The fraction of sp³-hybridized carbons (Fsp3) is 0.0526. The van der Waals surface area contributed by atoms with E-state index in [0.717, 1.165) is 0 Å². The molecule has 1 N–H and O–H groups in total. The van der Waals surface area contributed by atoms with Crippen LogP contribution >= 0.6 is 11.6 Å². The predicted molar refractivity (Wildman–Crippen MR) is 103 cm³/mol. The number of amides is 1. The first-order valence-electron chi connectivity index (χ1n) is 8.17. The van der Waals surface area contributed by atoms with Crippen LogP contribution in [0, 0.1) is 15.9 Å². The standard InChI is InChI=1S/C19H13ClFN3O5/c20-14-9-12(5-7-15(14)21)17-8-6-13(29-17)10-22-23-19(25)11-28-18-4-2-1-3-16(18)24(26)27/h1-10H,11H2,(H,23,25)/b22-10+. The third-order valence-electron chi connectivity index (χ3n) is 3.63. The summed E-state index contributed by atoms with van der Waals surface area (Å²) in [6.45, 7) is -0.459. The summed E-state index contributed by atoms with van der Waals surface area (Å²) in [5.41, 5.74) is 2.56. The summed E-state index contributed by atoms with van der Waals surface area (Å²) in [5.74, 6) is -0.393. The molecule has 0 saturated carbocycles. The van der Waals surface area contributed by atoms with E-state index >= 15 is 0 Å². The molecule has 0 aliphatic carbocycles. The van der Waals surface area contributed by atoms with Crippen LogP contribution in [0.3, 0.4) is 0 Å². The van der Waals surface area contributed by atoms with E-state index < -0.39 is 23.3 Å². The van der Waals surface area contributed by atoms with E-state index in [4.69, 9.17) is 20.8 Å². The fourth-order valence-electron chi connectivity index (χ4n) is 2.30. The minimum Gasteiger partial charge on any atom is -0.477 e. The molecule has 0 bridgehead atoms. The third-order valence-corrected chi connectivity index (χ3v) is 3.92. The lowest BCUT2D eigenvalue weighted by molar-refractivity contribution is -0.385. The van der Waals surface area contributed by atoms with Gasteiger partial charge in [0.1, 0.15) is 17.3 Å². The van der Waals surface area contributed by atoms with Gasteiger partial charge in [-0.3, -0.25) is 14.9 Å². The van der Waals surface area contributed by atoms with Crippen LogP contribution in [0.25, 0.3) is 11.3 Å². The number of rotatable bonds is 7. The lowest BCUT2D eigenvalue weighted by Gasteiger charge is -2.05. The number of nitrogens with zero attached hydrogens (tertiary/aromatic N) is 2. The molecule has 148 valence electrons. The molecule has 0 aliphatic heterocycles. The van der Waals surface area contributed by atoms with Crippen molar-refractivity contribution in [1.82, 2.24) is 5.43 Å². The van der Waals surface area contributed by atoms with Crippen molar-refractivity contribution in [3.8, 4) is 17.1 Å². The predicted octanol–water partition coefficient (Wildman–Crippen LogP) is 4.18. The first-order valence-corrected chi connectivity index (χ1v) is 8.55. The highest BCUT2D eigenvalue weighted by Gasteiger charge is 2.14. The Morgan fingerprint density at radius 3 is 2.83 bits per heavy atom. The van der Waals surface area contributed by atoms with Crippen LogP contribution in [0.2, 0.25) is 5.02 Å². The average Bonchev–Trinajstić information content (AvgIpc) is 3.17. The summed E-state index contributed by atoms with van der Waals surface area (Å²) in [7, 11) is 0. The highest BCUT2D eigenvalue weighted by Crippen LogP contribution is 2.26. The van der Waals surface area contributed by atoms with Crippen LogP contribution in [0.4, 0.5) is 10.1 Å². The minimum atomic E-state index is -0.614. The lowest BCUT2D eigenvalue weighted by Crippen LogP contribution is -2.24. The van der Waals surface area contributed by atoms with E-state index in [2.05, 4.69) is 10.5 Å². The zero-order valence-corrected chi connectivity index (χ0v) is 15.4. The lowest BCUT2D eigenvalue weighted by atomic mass is 10.2. The van der Waals surface area contributed by atoms with Crippen molar-refractivity contribution in [3.63, 3.8) is 0 Å². The zero-order valence-electron chi connectivity index (χ0n) is 14.7. The Morgan fingerprint density at radius 2 is 2.07 bits per heavy atom. The number of carbonyl (C=O) groups is 1. The Bertz CT molecular complexity index is 1080. The normalized spacial score (nSPS) is 10.8. The summed E-state index contributed by atoms with van der Waals surface area (Å²) >= 11 is 5.75. The SMILES string of the molecule is O=C(COc1ccccc1[N+](=O)[O-])N/N=C/c1ccc(-c2ccc(F)c(Cl)c2)o1. The second-order valence-corrected chi connectivity index (χ2v) is 6.04. The molecule has 0 atom stereocenters. The van der Waals surface area contributed by atoms with Gasteiger partial charge in [0, 0.05) is 11.6 Å². The average molecular weight is 418 g/mol. The molecular formula is C19H13ClFN3O5. The molecule has 2 aromatic carbocycles.